The lowest BCUT2D eigenvalue weighted by Crippen LogP contribution is -2.45. The molecule has 3 heterocycles. The molecule has 1 aromatic carbocycles. The number of carbonyl (C=O) groups is 1. The Labute approximate surface area is 171 Å². The van der Waals surface area contributed by atoms with Gasteiger partial charge in [-0.3, -0.25) is 4.79 Å². The first-order valence-corrected chi connectivity index (χ1v) is 9.36. The molecule has 12 heteroatoms. The first-order valence-electron chi connectivity index (χ1n) is 8.54. The Morgan fingerprint density at radius 2 is 1.87 bits per heavy atom. The van der Waals surface area contributed by atoms with Crippen LogP contribution in [0.5, 0.6) is 0 Å². The molecule has 0 aliphatic carbocycles. The zero-order valence-electron chi connectivity index (χ0n) is 15.0. The molecule has 8 nitrogen and oxygen atoms in total. The molecule has 154 valence electrons. The van der Waals surface area contributed by atoms with Crippen molar-refractivity contribution < 1.29 is 23.1 Å². The smallest absolute Gasteiger partial charge is 0.374 e. The fraction of sp³-hybridized carbons (Fsp3) is 0.167. The monoisotopic (exact) mass is 434 g/mol. The summed E-state index contributed by atoms with van der Waals surface area (Å²) in [5.74, 6) is -0.680. The largest absolute Gasteiger partial charge is 0.424 e. The number of thiazole rings is 1. The van der Waals surface area contributed by atoms with Crippen LogP contribution in [0.4, 0.5) is 18.9 Å². The Balaban J connectivity index is 1.55. The number of hydrogen-bond donors (Lipinski definition) is 2. The number of alkyl halides is 3. The minimum Gasteiger partial charge on any atom is -0.374 e. The van der Waals surface area contributed by atoms with Crippen molar-refractivity contribution in [3.05, 3.63) is 60.0 Å². The summed E-state index contributed by atoms with van der Waals surface area (Å²) >= 11 is 0.690. The Morgan fingerprint density at radius 1 is 1.13 bits per heavy atom. The van der Waals surface area contributed by atoms with E-state index in [4.69, 9.17) is 0 Å². The normalized spacial score (nSPS) is 13.9. The van der Waals surface area contributed by atoms with Gasteiger partial charge in [-0.1, -0.05) is 12.1 Å². The topological polar surface area (TPSA) is 106 Å². The van der Waals surface area contributed by atoms with Crippen molar-refractivity contribution in [1.82, 2.24) is 25.0 Å². The van der Waals surface area contributed by atoms with E-state index in [1.54, 1.807) is 18.2 Å². The summed E-state index contributed by atoms with van der Waals surface area (Å²) in [6.45, 7) is 0. The highest BCUT2D eigenvalue weighted by molar-refractivity contribution is 7.18. The molecule has 4 rings (SSSR count). The van der Waals surface area contributed by atoms with Crippen molar-refractivity contribution in [2.75, 3.05) is 5.32 Å². The summed E-state index contributed by atoms with van der Waals surface area (Å²) < 4.78 is 41.7. The van der Waals surface area contributed by atoms with E-state index in [1.807, 2.05) is 0 Å². The maximum Gasteiger partial charge on any atom is 0.424 e. The van der Waals surface area contributed by atoms with Gasteiger partial charge in [-0.25, -0.2) is 9.97 Å². The molecular formula is C18H13F3N6O2S. The lowest BCUT2D eigenvalue weighted by atomic mass is 9.99. The fourth-order valence-corrected chi connectivity index (χ4v) is 3.77. The van der Waals surface area contributed by atoms with Crippen molar-refractivity contribution in [1.29, 1.82) is 0 Å². The second-order valence-corrected chi connectivity index (χ2v) is 7.32. The Morgan fingerprint density at radius 3 is 2.50 bits per heavy atom. The quantitative estimate of drug-likeness (QED) is 0.500. The van der Waals surface area contributed by atoms with Crippen molar-refractivity contribution in [3.8, 4) is 5.82 Å². The Bertz CT molecular complexity index is 1140. The number of anilines is 1. The number of fused-ring (bicyclic) bond motifs is 1. The lowest BCUT2D eigenvalue weighted by Gasteiger charge is -2.27. The molecule has 0 aliphatic heterocycles. The second kappa shape index (κ2) is 7.46. The average Bonchev–Trinajstić information content (AvgIpc) is 3.37. The first kappa shape index (κ1) is 19.9. The highest BCUT2D eigenvalue weighted by Gasteiger charge is 2.58. The zero-order chi connectivity index (χ0) is 21.4. The van der Waals surface area contributed by atoms with E-state index in [1.165, 1.54) is 41.6 Å². The number of carbonyl (C=O) groups excluding carboxylic acids is 1. The number of pyridine rings is 1. The summed E-state index contributed by atoms with van der Waals surface area (Å²) in [5, 5.41) is 20.0. The van der Waals surface area contributed by atoms with Crippen LogP contribution in [0.25, 0.3) is 16.0 Å². The van der Waals surface area contributed by atoms with Crippen molar-refractivity contribution in [2.45, 2.75) is 18.2 Å². The number of para-hydroxylation sites is 1. The van der Waals surface area contributed by atoms with Crippen LogP contribution in [0.3, 0.4) is 0 Å². The minimum atomic E-state index is -5.11. The first-order chi connectivity index (χ1) is 14.3. The van der Waals surface area contributed by atoms with Gasteiger partial charge in [0.15, 0.2) is 5.82 Å². The van der Waals surface area contributed by atoms with Crippen molar-refractivity contribution in [2.24, 2.45) is 0 Å². The van der Waals surface area contributed by atoms with Crippen LogP contribution in [-0.4, -0.2) is 42.2 Å². The third-order valence-corrected chi connectivity index (χ3v) is 5.38. The van der Waals surface area contributed by atoms with Gasteiger partial charge >= 0.3 is 6.18 Å². The summed E-state index contributed by atoms with van der Waals surface area (Å²) in [4.78, 5) is 21.5. The van der Waals surface area contributed by atoms with E-state index in [2.05, 4.69) is 25.5 Å². The van der Waals surface area contributed by atoms with Gasteiger partial charge in [-0.05, 0) is 24.3 Å². The zero-order valence-corrected chi connectivity index (χ0v) is 15.9. The molecule has 0 saturated carbocycles. The standard InChI is InChI=1S/C18H13F3N6O2S/c19-18(20,21)17(29,16-26-12-3-1-2-4-13(12)30-16)9-15(28)25-11-5-6-14(22-10-11)27-23-7-8-24-27/h1-8,10,29H,9H2,(H,25,28). The number of amides is 1. The van der Waals surface area contributed by atoms with Crippen LogP contribution in [0.15, 0.2) is 55.0 Å². The Kier molecular flexibility index (Phi) is 4.95. The number of aromatic nitrogens is 5. The molecule has 0 aliphatic rings. The van der Waals surface area contributed by atoms with Gasteiger partial charge in [0.2, 0.25) is 11.5 Å². The van der Waals surface area contributed by atoms with Crippen molar-refractivity contribution in [3.63, 3.8) is 0 Å². The predicted molar refractivity (Wildman–Crippen MR) is 102 cm³/mol. The summed E-state index contributed by atoms with van der Waals surface area (Å²) in [6.07, 6.45) is -2.19. The van der Waals surface area contributed by atoms with Crippen LogP contribution in [-0.2, 0) is 10.4 Å². The number of rotatable bonds is 5. The van der Waals surface area contributed by atoms with E-state index in [-0.39, 0.29) is 5.69 Å². The number of benzene rings is 1. The van der Waals surface area contributed by atoms with Gasteiger partial charge in [0.25, 0.3) is 0 Å². The Hall–Kier alpha value is -3.38. The number of hydrogen-bond acceptors (Lipinski definition) is 7. The summed E-state index contributed by atoms with van der Waals surface area (Å²) in [5.41, 5.74) is -2.95. The molecule has 4 aromatic rings. The molecule has 1 unspecified atom stereocenters. The highest BCUT2D eigenvalue weighted by Crippen LogP contribution is 2.44. The summed E-state index contributed by atoms with van der Waals surface area (Å²) in [7, 11) is 0. The number of aliphatic hydroxyl groups is 1. The highest BCUT2D eigenvalue weighted by atomic mass is 32.1. The molecule has 0 radical (unpaired) electrons. The van der Waals surface area contributed by atoms with E-state index in [0.717, 1.165) is 0 Å². The number of nitrogens with zero attached hydrogens (tertiary/aromatic N) is 5. The molecule has 0 bridgehead atoms. The molecule has 0 spiro atoms. The maximum atomic E-state index is 13.7. The van der Waals surface area contributed by atoms with E-state index in [9.17, 15) is 23.1 Å². The second-order valence-electron chi connectivity index (χ2n) is 6.29. The molecule has 2 N–H and O–H groups in total. The van der Waals surface area contributed by atoms with Crippen molar-refractivity contribution >= 4 is 33.1 Å². The van der Waals surface area contributed by atoms with Gasteiger partial charge in [0.05, 0.1) is 40.9 Å². The van der Waals surface area contributed by atoms with Crippen LogP contribution >= 0.6 is 11.3 Å². The van der Waals surface area contributed by atoms with Gasteiger partial charge < -0.3 is 10.4 Å². The number of halogens is 3. The molecule has 3 aromatic heterocycles. The predicted octanol–water partition coefficient (Wildman–Crippen LogP) is 3.05. The molecule has 0 fully saturated rings. The van der Waals surface area contributed by atoms with E-state index < -0.39 is 29.1 Å². The van der Waals surface area contributed by atoms with Gasteiger partial charge in [0.1, 0.15) is 5.01 Å². The average molecular weight is 434 g/mol. The molecule has 1 amide bonds. The van der Waals surface area contributed by atoms with Crippen LogP contribution in [0.1, 0.15) is 11.4 Å². The van der Waals surface area contributed by atoms with Gasteiger partial charge in [-0.2, -0.15) is 23.4 Å². The summed E-state index contributed by atoms with van der Waals surface area (Å²) in [6, 6.07) is 9.33. The van der Waals surface area contributed by atoms with Gasteiger partial charge in [0, 0.05) is 0 Å². The van der Waals surface area contributed by atoms with Gasteiger partial charge in [-0.15, -0.1) is 16.1 Å². The lowest BCUT2D eigenvalue weighted by molar-refractivity contribution is -0.266. The number of nitrogens with one attached hydrogen (secondary N) is 1. The molecule has 30 heavy (non-hydrogen) atoms. The molecule has 0 saturated heterocycles. The fourth-order valence-electron chi connectivity index (χ4n) is 2.70. The molecular weight excluding hydrogens is 421 g/mol. The molecule has 1 atom stereocenters. The maximum absolute atomic E-state index is 13.7. The van der Waals surface area contributed by atoms with E-state index >= 15 is 0 Å². The SMILES string of the molecule is O=C(CC(O)(c1nc2ccccc2s1)C(F)(F)F)Nc1ccc(-n2nccn2)nc1. The third kappa shape index (κ3) is 3.74. The minimum absolute atomic E-state index is 0.157. The third-order valence-electron chi connectivity index (χ3n) is 4.19. The van der Waals surface area contributed by atoms with E-state index in [0.29, 0.717) is 27.4 Å². The van der Waals surface area contributed by atoms with Crippen LogP contribution < -0.4 is 5.32 Å². The van der Waals surface area contributed by atoms with Crippen LogP contribution in [0.2, 0.25) is 0 Å². The van der Waals surface area contributed by atoms with Crippen LogP contribution in [0, 0.1) is 0 Å².